The molecule has 150 valence electrons. The van der Waals surface area contributed by atoms with Crippen molar-refractivity contribution in [1.29, 1.82) is 0 Å². The molecule has 0 bridgehead atoms. The van der Waals surface area contributed by atoms with Gasteiger partial charge in [0.1, 0.15) is 11.5 Å². The molecule has 1 aliphatic rings. The molecule has 0 atom stereocenters. The number of nitrogens with one attached hydrogen (secondary N) is 1. The highest BCUT2D eigenvalue weighted by Gasteiger charge is 2.23. The average Bonchev–Trinajstić information content (AvgIpc) is 3.28. The zero-order chi connectivity index (χ0) is 19.9. The van der Waals surface area contributed by atoms with Crippen molar-refractivity contribution in [3.05, 3.63) is 46.2 Å². The lowest BCUT2D eigenvalue weighted by molar-refractivity contribution is 0.0637. The molecule has 1 N–H and O–H groups in total. The predicted octanol–water partition coefficient (Wildman–Crippen LogP) is 1.95. The maximum atomic E-state index is 12.8. The molecule has 3 rings (SSSR count). The van der Waals surface area contributed by atoms with Crippen LogP contribution in [0, 0.1) is 0 Å². The second-order valence-corrected chi connectivity index (χ2v) is 7.28. The fourth-order valence-corrected chi connectivity index (χ4v) is 3.75. The Labute approximate surface area is 168 Å². The summed E-state index contributed by atoms with van der Waals surface area (Å²) < 4.78 is 10.5. The number of nitrogens with zero attached hydrogens (tertiary/aromatic N) is 2. The first-order valence-electron chi connectivity index (χ1n) is 9.16. The maximum absolute atomic E-state index is 12.8. The summed E-state index contributed by atoms with van der Waals surface area (Å²) in [7, 11) is 3.14. The monoisotopic (exact) mass is 403 g/mol. The molecule has 1 aromatic heterocycles. The summed E-state index contributed by atoms with van der Waals surface area (Å²) in [5, 5.41) is 6.67. The molecule has 0 aliphatic carbocycles. The van der Waals surface area contributed by atoms with Crippen LogP contribution in [-0.2, 0) is 0 Å². The van der Waals surface area contributed by atoms with Gasteiger partial charge in [-0.25, -0.2) is 0 Å². The highest BCUT2D eigenvalue weighted by Crippen LogP contribution is 2.23. The van der Waals surface area contributed by atoms with E-state index in [2.05, 4.69) is 10.2 Å². The number of amides is 2. The van der Waals surface area contributed by atoms with Crippen molar-refractivity contribution in [2.24, 2.45) is 0 Å². The van der Waals surface area contributed by atoms with Crippen LogP contribution in [0.25, 0.3) is 0 Å². The zero-order valence-corrected chi connectivity index (χ0v) is 17.0. The van der Waals surface area contributed by atoms with Crippen LogP contribution in [0.4, 0.5) is 0 Å². The Morgan fingerprint density at radius 3 is 2.29 bits per heavy atom. The van der Waals surface area contributed by atoms with Crippen LogP contribution in [0.3, 0.4) is 0 Å². The number of thiophene rings is 1. The summed E-state index contributed by atoms with van der Waals surface area (Å²) in [4.78, 5) is 28.9. The van der Waals surface area contributed by atoms with Gasteiger partial charge >= 0.3 is 0 Å². The second kappa shape index (κ2) is 9.57. The molecule has 1 fully saturated rings. The van der Waals surface area contributed by atoms with E-state index in [1.165, 1.54) is 11.3 Å². The van der Waals surface area contributed by atoms with Gasteiger partial charge in [-0.2, -0.15) is 11.3 Å². The molecule has 7 nitrogen and oxygen atoms in total. The second-order valence-electron chi connectivity index (χ2n) is 6.50. The van der Waals surface area contributed by atoms with E-state index < -0.39 is 0 Å². The van der Waals surface area contributed by atoms with Gasteiger partial charge in [-0.15, -0.1) is 0 Å². The third-order valence-corrected chi connectivity index (χ3v) is 5.44. The van der Waals surface area contributed by atoms with E-state index in [9.17, 15) is 9.59 Å². The topological polar surface area (TPSA) is 71.1 Å². The van der Waals surface area contributed by atoms with E-state index in [0.29, 0.717) is 42.3 Å². The first-order chi connectivity index (χ1) is 13.6. The van der Waals surface area contributed by atoms with E-state index in [0.717, 1.165) is 19.6 Å². The van der Waals surface area contributed by atoms with E-state index in [1.54, 1.807) is 32.4 Å². The summed E-state index contributed by atoms with van der Waals surface area (Å²) in [5.74, 6) is 1.13. The summed E-state index contributed by atoms with van der Waals surface area (Å²) in [6.07, 6.45) is 0. The van der Waals surface area contributed by atoms with Gasteiger partial charge in [-0.1, -0.05) is 0 Å². The van der Waals surface area contributed by atoms with Crippen molar-refractivity contribution in [2.75, 3.05) is 53.5 Å². The number of hydrogen-bond acceptors (Lipinski definition) is 6. The van der Waals surface area contributed by atoms with Crippen LogP contribution in [0.15, 0.2) is 35.0 Å². The third kappa shape index (κ3) is 5.02. The van der Waals surface area contributed by atoms with Crippen LogP contribution < -0.4 is 14.8 Å². The van der Waals surface area contributed by atoms with Gasteiger partial charge in [-0.3, -0.25) is 14.5 Å². The molecule has 28 heavy (non-hydrogen) atoms. The lowest BCUT2D eigenvalue weighted by Gasteiger charge is -2.34. The van der Waals surface area contributed by atoms with Crippen LogP contribution >= 0.6 is 11.3 Å². The normalized spacial score (nSPS) is 14.6. The largest absolute Gasteiger partial charge is 0.497 e. The van der Waals surface area contributed by atoms with Crippen molar-refractivity contribution >= 4 is 23.2 Å². The third-order valence-electron chi connectivity index (χ3n) is 4.75. The van der Waals surface area contributed by atoms with Crippen LogP contribution in [0.2, 0.25) is 0 Å². The predicted molar refractivity (Wildman–Crippen MR) is 109 cm³/mol. The number of carbonyl (C=O) groups is 2. The Bertz CT molecular complexity index is 780. The number of ether oxygens (including phenoxy) is 2. The van der Waals surface area contributed by atoms with Gasteiger partial charge in [0.05, 0.1) is 14.2 Å². The van der Waals surface area contributed by atoms with Gasteiger partial charge in [0, 0.05) is 61.8 Å². The standard InChI is InChI=1S/C20H25N3O4S/c1-26-17-11-16(12-18(13-17)27-2)20(25)23-8-6-22(7-9-23)5-4-21-19(24)15-3-10-28-14-15/h3,10-14H,4-9H2,1-2H3,(H,21,24). The lowest BCUT2D eigenvalue weighted by Crippen LogP contribution is -2.50. The molecule has 8 heteroatoms. The zero-order valence-electron chi connectivity index (χ0n) is 16.1. The minimum Gasteiger partial charge on any atom is -0.497 e. The molecule has 2 heterocycles. The Morgan fingerprint density at radius 2 is 1.71 bits per heavy atom. The summed E-state index contributed by atoms with van der Waals surface area (Å²) in [5.41, 5.74) is 1.27. The number of carbonyl (C=O) groups excluding carboxylic acids is 2. The van der Waals surface area contributed by atoms with Gasteiger partial charge < -0.3 is 19.7 Å². The fourth-order valence-electron chi connectivity index (χ4n) is 3.11. The first-order valence-corrected chi connectivity index (χ1v) is 10.1. The average molecular weight is 404 g/mol. The number of hydrogen-bond donors (Lipinski definition) is 1. The summed E-state index contributed by atoms with van der Waals surface area (Å²) in [6.45, 7) is 4.22. The molecule has 1 saturated heterocycles. The van der Waals surface area contributed by atoms with Crippen molar-refractivity contribution in [3.8, 4) is 11.5 Å². The Morgan fingerprint density at radius 1 is 1.04 bits per heavy atom. The van der Waals surface area contributed by atoms with Gasteiger partial charge in [-0.05, 0) is 23.6 Å². The SMILES string of the molecule is COc1cc(OC)cc(C(=O)N2CCN(CCNC(=O)c3ccsc3)CC2)c1. The van der Waals surface area contributed by atoms with Crippen LogP contribution in [0.1, 0.15) is 20.7 Å². The molecular weight excluding hydrogens is 378 g/mol. The Kier molecular flexibility index (Phi) is 6.89. The highest BCUT2D eigenvalue weighted by atomic mass is 32.1. The molecule has 0 saturated carbocycles. The van der Waals surface area contributed by atoms with Gasteiger partial charge in [0.25, 0.3) is 11.8 Å². The number of piperazine rings is 1. The number of benzene rings is 1. The van der Waals surface area contributed by atoms with Crippen LogP contribution in [-0.4, -0.2) is 75.1 Å². The number of rotatable bonds is 7. The van der Waals surface area contributed by atoms with E-state index in [4.69, 9.17) is 9.47 Å². The molecule has 0 radical (unpaired) electrons. The minimum atomic E-state index is -0.0398. The molecule has 0 spiro atoms. The van der Waals surface area contributed by atoms with E-state index >= 15 is 0 Å². The van der Waals surface area contributed by atoms with Crippen LogP contribution in [0.5, 0.6) is 11.5 Å². The molecular formula is C20H25N3O4S. The smallest absolute Gasteiger partial charge is 0.254 e. The Hall–Kier alpha value is -2.58. The molecule has 2 aromatic rings. The quantitative estimate of drug-likeness (QED) is 0.765. The lowest BCUT2D eigenvalue weighted by atomic mass is 10.1. The van der Waals surface area contributed by atoms with E-state index in [1.807, 2.05) is 21.7 Å². The van der Waals surface area contributed by atoms with E-state index in [-0.39, 0.29) is 11.8 Å². The molecule has 2 amide bonds. The van der Waals surface area contributed by atoms with Crippen molar-refractivity contribution in [1.82, 2.24) is 15.1 Å². The maximum Gasteiger partial charge on any atom is 0.254 e. The highest BCUT2D eigenvalue weighted by molar-refractivity contribution is 7.08. The summed E-state index contributed by atoms with van der Waals surface area (Å²) >= 11 is 1.51. The van der Waals surface area contributed by atoms with Crippen molar-refractivity contribution in [3.63, 3.8) is 0 Å². The Balaban J connectivity index is 1.47. The first kappa shape index (κ1) is 20.2. The molecule has 1 aliphatic heterocycles. The summed E-state index contributed by atoms with van der Waals surface area (Å²) in [6, 6.07) is 7.03. The van der Waals surface area contributed by atoms with Crippen molar-refractivity contribution < 1.29 is 19.1 Å². The molecule has 0 unspecified atom stereocenters. The fraction of sp³-hybridized carbons (Fsp3) is 0.400. The number of methoxy groups -OCH3 is 2. The molecule has 1 aromatic carbocycles. The van der Waals surface area contributed by atoms with Gasteiger partial charge in [0.2, 0.25) is 0 Å². The van der Waals surface area contributed by atoms with Gasteiger partial charge in [0.15, 0.2) is 0 Å². The van der Waals surface area contributed by atoms with Crippen molar-refractivity contribution in [2.45, 2.75) is 0 Å². The minimum absolute atomic E-state index is 0.0254.